The zero-order chi connectivity index (χ0) is 14.4. The van der Waals surface area contributed by atoms with Crippen molar-refractivity contribution in [3.63, 3.8) is 0 Å². The molecule has 20 heavy (non-hydrogen) atoms. The molecule has 4 nitrogen and oxygen atoms in total. The van der Waals surface area contributed by atoms with Gasteiger partial charge in [-0.15, -0.1) is 11.3 Å². The summed E-state index contributed by atoms with van der Waals surface area (Å²) in [6.07, 6.45) is 3.90. The number of carbonyl (C=O) groups is 2. The van der Waals surface area contributed by atoms with Gasteiger partial charge in [-0.25, -0.2) is 0 Å². The van der Waals surface area contributed by atoms with Gasteiger partial charge in [0.25, 0.3) is 5.91 Å². The van der Waals surface area contributed by atoms with E-state index >= 15 is 0 Å². The maximum Gasteiger partial charge on any atom is 0.251 e. The molecule has 0 unspecified atom stereocenters. The van der Waals surface area contributed by atoms with Crippen LogP contribution in [0.4, 0.5) is 5.00 Å². The van der Waals surface area contributed by atoms with Crippen LogP contribution >= 0.6 is 11.3 Å². The molecule has 0 saturated heterocycles. The first kappa shape index (κ1) is 13.6. The number of hydrogen-bond acceptors (Lipinski definition) is 3. The minimum atomic E-state index is -0.420. The molecule has 1 heterocycles. The molecule has 1 aromatic rings. The van der Waals surface area contributed by atoms with Crippen molar-refractivity contribution in [2.45, 2.75) is 39.5 Å². The summed E-state index contributed by atoms with van der Waals surface area (Å²) in [7, 11) is 0. The van der Waals surface area contributed by atoms with E-state index in [2.05, 4.69) is 19.2 Å². The lowest BCUT2D eigenvalue weighted by atomic mass is 9.88. The maximum atomic E-state index is 12.1. The van der Waals surface area contributed by atoms with Crippen LogP contribution in [0.25, 0.3) is 0 Å². The standard InChI is InChI=1S/C15H20N2O2S/c1-7-3-4-9-11(5-7)20-15(12(9)13(16)18)17-14(19)10-6-8(10)2/h7-8,10H,3-6H2,1-2H3,(H2,16,18)(H,17,19)/t7-,8-,10-/m1/s1. The molecule has 0 radical (unpaired) electrons. The topological polar surface area (TPSA) is 72.2 Å². The fourth-order valence-corrected chi connectivity index (χ4v) is 4.41. The minimum Gasteiger partial charge on any atom is -0.365 e. The van der Waals surface area contributed by atoms with Gasteiger partial charge in [-0.1, -0.05) is 13.8 Å². The van der Waals surface area contributed by atoms with Crippen molar-refractivity contribution < 1.29 is 9.59 Å². The number of thiophene rings is 1. The normalized spacial score (nSPS) is 27.8. The Balaban J connectivity index is 1.90. The first-order valence-electron chi connectivity index (χ1n) is 7.22. The van der Waals surface area contributed by atoms with E-state index in [1.54, 1.807) is 0 Å². The van der Waals surface area contributed by atoms with Crippen molar-refractivity contribution >= 4 is 28.2 Å². The molecular weight excluding hydrogens is 272 g/mol. The Hall–Kier alpha value is -1.36. The summed E-state index contributed by atoms with van der Waals surface area (Å²) in [4.78, 5) is 25.0. The molecule has 0 aromatic carbocycles. The lowest BCUT2D eigenvalue weighted by Gasteiger charge is -2.18. The summed E-state index contributed by atoms with van der Waals surface area (Å²) in [6, 6.07) is 0. The first-order valence-corrected chi connectivity index (χ1v) is 8.04. The number of rotatable bonds is 3. The number of primary amides is 1. The summed E-state index contributed by atoms with van der Waals surface area (Å²) in [5.41, 5.74) is 7.15. The van der Waals surface area contributed by atoms with Crippen LogP contribution in [0.1, 0.15) is 47.5 Å². The second kappa shape index (κ2) is 4.88. The Kier molecular flexibility index (Phi) is 3.32. The Morgan fingerprint density at radius 2 is 2.05 bits per heavy atom. The summed E-state index contributed by atoms with van der Waals surface area (Å²) in [5, 5.41) is 3.60. The average Bonchev–Trinajstić information content (AvgIpc) is 2.98. The van der Waals surface area contributed by atoms with Gasteiger partial charge >= 0.3 is 0 Å². The van der Waals surface area contributed by atoms with Crippen LogP contribution in [-0.4, -0.2) is 11.8 Å². The molecule has 1 saturated carbocycles. The zero-order valence-electron chi connectivity index (χ0n) is 11.9. The van der Waals surface area contributed by atoms with Gasteiger partial charge in [0.2, 0.25) is 5.91 Å². The van der Waals surface area contributed by atoms with Gasteiger partial charge < -0.3 is 11.1 Å². The molecule has 3 N–H and O–H groups in total. The zero-order valence-corrected chi connectivity index (χ0v) is 12.7. The predicted molar refractivity (Wildman–Crippen MR) is 79.9 cm³/mol. The van der Waals surface area contributed by atoms with Crippen molar-refractivity contribution in [3.8, 4) is 0 Å². The quantitative estimate of drug-likeness (QED) is 0.898. The monoisotopic (exact) mass is 292 g/mol. The number of anilines is 1. The van der Waals surface area contributed by atoms with E-state index in [0.29, 0.717) is 22.4 Å². The molecule has 2 aliphatic rings. The van der Waals surface area contributed by atoms with Gasteiger partial charge in [-0.3, -0.25) is 9.59 Å². The summed E-state index contributed by atoms with van der Waals surface area (Å²) < 4.78 is 0. The van der Waals surface area contributed by atoms with E-state index in [9.17, 15) is 9.59 Å². The number of fused-ring (bicyclic) bond motifs is 1. The SMILES string of the molecule is C[C@@H]1CCc2c(sc(NC(=O)[C@@H]3C[C@H]3C)c2C(N)=O)C1. The van der Waals surface area contributed by atoms with Crippen molar-refractivity contribution in [2.75, 3.05) is 5.32 Å². The van der Waals surface area contributed by atoms with Gasteiger partial charge in [-0.2, -0.15) is 0 Å². The molecule has 108 valence electrons. The second-order valence-electron chi connectivity index (χ2n) is 6.23. The minimum absolute atomic E-state index is 0.0339. The van der Waals surface area contributed by atoms with E-state index in [1.165, 1.54) is 16.2 Å². The highest BCUT2D eigenvalue weighted by atomic mass is 32.1. The Morgan fingerprint density at radius 1 is 1.35 bits per heavy atom. The van der Waals surface area contributed by atoms with Crippen molar-refractivity contribution in [3.05, 3.63) is 16.0 Å². The van der Waals surface area contributed by atoms with Crippen LogP contribution in [0.2, 0.25) is 0 Å². The highest BCUT2D eigenvalue weighted by Gasteiger charge is 2.40. The van der Waals surface area contributed by atoms with Crippen LogP contribution < -0.4 is 11.1 Å². The van der Waals surface area contributed by atoms with Crippen LogP contribution in [0.3, 0.4) is 0 Å². The fourth-order valence-electron chi connectivity index (χ4n) is 2.99. The smallest absolute Gasteiger partial charge is 0.251 e. The highest BCUT2D eigenvalue weighted by molar-refractivity contribution is 7.17. The first-order chi connectivity index (χ1) is 9.47. The maximum absolute atomic E-state index is 12.1. The Bertz CT molecular complexity index is 579. The van der Waals surface area contributed by atoms with E-state index in [-0.39, 0.29) is 11.8 Å². The largest absolute Gasteiger partial charge is 0.365 e. The number of nitrogens with two attached hydrogens (primary N) is 1. The van der Waals surface area contributed by atoms with Crippen LogP contribution in [0.15, 0.2) is 0 Å². The molecular formula is C15H20N2O2S. The molecule has 0 aliphatic heterocycles. The van der Waals surface area contributed by atoms with Gasteiger partial charge in [0.1, 0.15) is 5.00 Å². The highest BCUT2D eigenvalue weighted by Crippen LogP contribution is 2.42. The van der Waals surface area contributed by atoms with E-state index in [0.717, 1.165) is 31.2 Å². The third-order valence-electron chi connectivity index (χ3n) is 4.44. The summed E-state index contributed by atoms with van der Waals surface area (Å²) in [6.45, 7) is 4.29. The second-order valence-corrected chi connectivity index (χ2v) is 7.33. The lowest BCUT2D eigenvalue weighted by Crippen LogP contribution is -2.20. The number of nitrogens with one attached hydrogen (secondary N) is 1. The molecule has 2 amide bonds. The molecule has 0 spiro atoms. The molecule has 1 aromatic heterocycles. The molecule has 5 heteroatoms. The molecule has 3 atom stereocenters. The summed E-state index contributed by atoms with van der Waals surface area (Å²) in [5.74, 6) is 0.812. The van der Waals surface area contributed by atoms with Crippen LogP contribution in [-0.2, 0) is 17.6 Å². The van der Waals surface area contributed by atoms with Gasteiger partial charge in [0.15, 0.2) is 0 Å². The van der Waals surface area contributed by atoms with Crippen molar-refractivity contribution in [2.24, 2.45) is 23.5 Å². The van der Waals surface area contributed by atoms with Gasteiger partial charge in [0.05, 0.1) is 5.56 Å². The molecule has 1 fully saturated rings. The van der Waals surface area contributed by atoms with E-state index in [1.807, 2.05) is 0 Å². The van der Waals surface area contributed by atoms with Crippen molar-refractivity contribution in [1.82, 2.24) is 0 Å². The number of carbonyl (C=O) groups excluding carboxylic acids is 2. The van der Waals surface area contributed by atoms with Gasteiger partial charge in [-0.05, 0) is 43.1 Å². The summed E-state index contributed by atoms with van der Waals surface area (Å²) >= 11 is 1.54. The number of hydrogen-bond donors (Lipinski definition) is 2. The third-order valence-corrected chi connectivity index (χ3v) is 5.61. The predicted octanol–water partition coefficient (Wildman–Crippen LogP) is 2.57. The van der Waals surface area contributed by atoms with Crippen molar-refractivity contribution in [1.29, 1.82) is 0 Å². The van der Waals surface area contributed by atoms with Crippen LogP contribution in [0.5, 0.6) is 0 Å². The number of amides is 2. The molecule has 0 bridgehead atoms. The fraction of sp³-hybridized carbons (Fsp3) is 0.600. The van der Waals surface area contributed by atoms with Gasteiger partial charge in [0, 0.05) is 10.8 Å². The third kappa shape index (κ3) is 2.35. The van der Waals surface area contributed by atoms with E-state index in [4.69, 9.17) is 5.73 Å². The Morgan fingerprint density at radius 3 is 2.65 bits per heavy atom. The lowest BCUT2D eigenvalue weighted by molar-refractivity contribution is -0.117. The van der Waals surface area contributed by atoms with E-state index < -0.39 is 5.91 Å². The molecule has 3 rings (SSSR count). The average molecular weight is 292 g/mol. The Labute approximate surface area is 122 Å². The van der Waals surface area contributed by atoms with Crippen LogP contribution in [0, 0.1) is 17.8 Å². The molecule has 2 aliphatic carbocycles.